The maximum atomic E-state index is 12.1. The molecule has 2 aromatic carbocycles. The minimum absolute atomic E-state index is 0.0374. The number of ether oxygens (including phenoxy) is 2. The fraction of sp³-hybridized carbons (Fsp3) is 0.316. The van der Waals surface area contributed by atoms with E-state index >= 15 is 0 Å². The number of thioether (sulfide) groups is 1. The van der Waals surface area contributed by atoms with Crippen LogP contribution in [-0.2, 0) is 4.79 Å². The van der Waals surface area contributed by atoms with Gasteiger partial charge in [-0.15, -0.1) is 11.8 Å². The number of carbonyl (C=O) groups is 1. The molecule has 0 bridgehead atoms. The first-order chi connectivity index (χ1) is 11.6. The Morgan fingerprint density at radius 3 is 2.50 bits per heavy atom. The highest BCUT2D eigenvalue weighted by Crippen LogP contribution is 2.32. The van der Waals surface area contributed by atoms with Gasteiger partial charge in [-0.25, -0.2) is 0 Å². The second kappa shape index (κ2) is 7.62. The van der Waals surface area contributed by atoms with Crippen LogP contribution in [-0.4, -0.2) is 24.9 Å². The monoisotopic (exact) mass is 343 g/mol. The molecule has 1 aliphatic heterocycles. The molecule has 0 radical (unpaired) electrons. The Hall–Kier alpha value is -2.14. The van der Waals surface area contributed by atoms with Crippen LogP contribution in [0, 0.1) is 0 Å². The maximum Gasteiger partial charge on any atom is 0.234 e. The summed E-state index contributed by atoms with van der Waals surface area (Å²) in [4.78, 5) is 13.2. The smallest absolute Gasteiger partial charge is 0.234 e. The van der Waals surface area contributed by atoms with Crippen molar-refractivity contribution in [2.75, 3.05) is 24.3 Å². The number of hydrogen-bond donors (Lipinski definition) is 1. The van der Waals surface area contributed by atoms with Crippen LogP contribution < -0.4 is 14.8 Å². The number of hydrogen-bond acceptors (Lipinski definition) is 4. The van der Waals surface area contributed by atoms with E-state index in [2.05, 4.69) is 43.4 Å². The summed E-state index contributed by atoms with van der Waals surface area (Å²) in [5, 5.41) is 2.90. The van der Waals surface area contributed by atoms with Gasteiger partial charge in [-0.3, -0.25) is 4.79 Å². The molecule has 0 atom stereocenters. The van der Waals surface area contributed by atoms with Crippen molar-refractivity contribution < 1.29 is 14.3 Å². The molecule has 3 rings (SSSR count). The van der Waals surface area contributed by atoms with Gasteiger partial charge in [0.2, 0.25) is 5.91 Å². The van der Waals surface area contributed by atoms with Crippen LogP contribution in [0.1, 0.15) is 25.3 Å². The third kappa shape index (κ3) is 4.23. The van der Waals surface area contributed by atoms with E-state index in [1.807, 2.05) is 12.1 Å². The first-order valence-electron chi connectivity index (χ1n) is 8.04. The van der Waals surface area contributed by atoms with Gasteiger partial charge in [0.25, 0.3) is 0 Å². The summed E-state index contributed by atoms with van der Waals surface area (Å²) < 4.78 is 11.0. The van der Waals surface area contributed by atoms with Crippen LogP contribution in [0.15, 0.2) is 47.4 Å². The zero-order valence-corrected chi connectivity index (χ0v) is 14.7. The van der Waals surface area contributed by atoms with Crippen molar-refractivity contribution in [3.8, 4) is 11.5 Å². The van der Waals surface area contributed by atoms with Gasteiger partial charge in [0.1, 0.15) is 13.2 Å². The summed E-state index contributed by atoms with van der Waals surface area (Å²) in [7, 11) is 0. The SMILES string of the molecule is CC(C)c1ccc(SCC(=O)Nc2ccc3c(c2)OCCO3)cc1. The van der Waals surface area contributed by atoms with E-state index in [9.17, 15) is 4.79 Å². The van der Waals surface area contributed by atoms with E-state index in [0.717, 1.165) is 16.3 Å². The zero-order chi connectivity index (χ0) is 16.9. The van der Waals surface area contributed by atoms with Crippen molar-refractivity contribution in [2.24, 2.45) is 0 Å². The molecule has 1 amide bonds. The fourth-order valence-corrected chi connectivity index (χ4v) is 3.11. The minimum Gasteiger partial charge on any atom is -0.486 e. The average molecular weight is 343 g/mol. The summed E-state index contributed by atoms with van der Waals surface area (Å²) in [5.74, 6) is 2.25. The van der Waals surface area contributed by atoms with Gasteiger partial charge in [-0.05, 0) is 35.7 Å². The van der Waals surface area contributed by atoms with E-state index in [-0.39, 0.29) is 5.91 Å². The molecule has 0 saturated carbocycles. The van der Waals surface area contributed by atoms with Gasteiger partial charge in [0, 0.05) is 16.6 Å². The highest BCUT2D eigenvalue weighted by Gasteiger charge is 2.13. The first-order valence-corrected chi connectivity index (χ1v) is 9.02. The van der Waals surface area contributed by atoms with Gasteiger partial charge in [-0.1, -0.05) is 26.0 Å². The van der Waals surface area contributed by atoms with Gasteiger partial charge < -0.3 is 14.8 Å². The minimum atomic E-state index is -0.0374. The van der Waals surface area contributed by atoms with Crippen molar-refractivity contribution in [2.45, 2.75) is 24.7 Å². The highest BCUT2D eigenvalue weighted by molar-refractivity contribution is 8.00. The Bertz CT molecular complexity index is 713. The first kappa shape index (κ1) is 16.7. The van der Waals surface area contributed by atoms with Crippen LogP contribution in [0.3, 0.4) is 0 Å². The predicted octanol–water partition coefficient (Wildman–Crippen LogP) is 4.31. The lowest BCUT2D eigenvalue weighted by molar-refractivity contribution is -0.113. The molecule has 2 aromatic rings. The highest BCUT2D eigenvalue weighted by atomic mass is 32.2. The summed E-state index contributed by atoms with van der Waals surface area (Å²) >= 11 is 1.53. The topological polar surface area (TPSA) is 47.6 Å². The van der Waals surface area contributed by atoms with Crippen molar-refractivity contribution in [3.05, 3.63) is 48.0 Å². The van der Waals surface area contributed by atoms with Gasteiger partial charge in [-0.2, -0.15) is 0 Å². The van der Waals surface area contributed by atoms with E-state index < -0.39 is 0 Å². The van der Waals surface area contributed by atoms with Crippen molar-refractivity contribution >= 4 is 23.4 Å². The molecule has 1 aliphatic rings. The Morgan fingerprint density at radius 2 is 1.79 bits per heavy atom. The molecular weight excluding hydrogens is 322 g/mol. The molecule has 0 unspecified atom stereocenters. The quantitative estimate of drug-likeness (QED) is 0.822. The fourth-order valence-electron chi connectivity index (χ4n) is 2.42. The summed E-state index contributed by atoms with van der Waals surface area (Å²) in [6.07, 6.45) is 0. The van der Waals surface area contributed by atoms with Crippen molar-refractivity contribution in [3.63, 3.8) is 0 Å². The molecule has 4 nitrogen and oxygen atoms in total. The molecule has 0 spiro atoms. The molecule has 126 valence electrons. The maximum absolute atomic E-state index is 12.1. The molecule has 0 fully saturated rings. The van der Waals surface area contributed by atoms with Crippen LogP contribution in [0.25, 0.3) is 0 Å². The Labute approximate surface area is 146 Å². The number of fused-ring (bicyclic) bond motifs is 1. The standard InChI is InChI=1S/C19H21NO3S/c1-13(2)14-3-6-16(7-4-14)24-12-19(21)20-15-5-8-17-18(11-15)23-10-9-22-17/h3-8,11,13H,9-10,12H2,1-2H3,(H,20,21). The number of nitrogens with one attached hydrogen (secondary N) is 1. The third-order valence-electron chi connectivity index (χ3n) is 3.74. The number of carbonyl (C=O) groups excluding carboxylic acids is 1. The van der Waals surface area contributed by atoms with E-state index in [4.69, 9.17) is 9.47 Å². The summed E-state index contributed by atoms with van der Waals surface area (Å²) in [6.45, 7) is 5.43. The normalized spacial score (nSPS) is 13.0. The lowest BCUT2D eigenvalue weighted by atomic mass is 10.0. The van der Waals surface area contributed by atoms with Gasteiger partial charge >= 0.3 is 0 Å². The molecule has 1 heterocycles. The van der Waals surface area contributed by atoms with E-state index in [1.54, 1.807) is 6.07 Å². The largest absolute Gasteiger partial charge is 0.486 e. The number of amides is 1. The Kier molecular flexibility index (Phi) is 5.30. The summed E-state index contributed by atoms with van der Waals surface area (Å²) in [5.41, 5.74) is 2.03. The van der Waals surface area contributed by atoms with E-state index in [1.165, 1.54) is 17.3 Å². The molecule has 5 heteroatoms. The van der Waals surface area contributed by atoms with Crippen LogP contribution in [0.4, 0.5) is 5.69 Å². The van der Waals surface area contributed by atoms with E-state index in [0.29, 0.717) is 30.6 Å². The number of anilines is 1. The van der Waals surface area contributed by atoms with Crippen molar-refractivity contribution in [1.29, 1.82) is 0 Å². The molecular formula is C19H21NO3S. The molecule has 1 N–H and O–H groups in total. The van der Waals surface area contributed by atoms with Crippen LogP contribution >= 0.6 is 11.8 Å². The lowest BCUT2D eigenvalue weighted by Gasteiger charge is -2.19. The Balaban J connectivity index is 1.54. The molecule has 0 saturated heterocycles. The number of benzene rings is 2. The van der Waals surface area contributed by atoms with Crippen molar-refractivity contribution in [1.82, 2.24) is 0 Å². The van der Waals surface area contributed by atoms with Gasteiger partial charge in [0.05, 0.1) is 5.75 Å². The second-order valence-electron chi connectivity index (χ2n) is 5.92. The lowest BCUT2D eigenvalue weighted by Crippen LogP contribution is -2.17. The molecule has 0 aromatic heterocycles. The third-order valence-corrected chi connectivity index (χ3v) is 4.75. The van der Waals surface area contributed by atoms with Crippen LogP contribution in [0.2, 0.25) is 0 Å². The predicted molar refractivity (Wildman–Crippen MR) is 97.3 cm³/mol. The number of rotatable bonds is 5. The molecule has 24 heavy (non-hydrogen) atoms. The Morgan fingerprint density at radius 1 is 1.08 bits per heavy atom. The average Bonchev–Trinajstić information content (AvgIpc) is 2.60. The second-order valence-corrected chi connectivity index (χ2v) is 6.97. The summed E-state index contributed by atoms with van der Waals surface area (Å²) in [6, 6.07) is 13.8. The zero-order valence-electron chi connectivity index (χ0n) is 13.9. The molecule has 0 aliphatic carbocycles. The van der Waals surface area contributed by atoms with Gasteiger partial charge in [0.15, 0.2) is 11.5 Å². The van der Waals surface area contributed by atoms with Crippen LogP contribution in [0.5, 0.6) is 11.5 Å².